The molecule has 136 valence electrons. The number of ether oxygens (including phenoxy) is 2. The van der Waals surface area contributed by atoms with Gasteiger partial charge >= 0.3 is 0 Å². The van der Waals surface area contributed by atoms with Gasteiger partial charge in [-0.2, -0.15) is 0 Å². The molecule has 0 bridgehead atoms. The molecule has 2 rings (SSSR count). The van der Waals surface area contributed by atoms with E-state index in [1.54, 1.807) is 40.2 Å². The minimum absolute atomic E-state index is 0.257. The number of rotatable bonds is 8. The number of benzene rings is 2. The zero-order chi connectivity index (χ0) is 18.4. The highest BCUT2D eigenvalue weighted by Crippen LogP contribution is 2.32. The highest BCUT2D eigenvalue weighted by Gasteiger charge is 2.21. The number of nitrogens with zero attached hydrogens (tertiary/aromatic N) is 1. The van der Waals surface area contributed by atoms with Crippen molar-refractivity contribution < 1.29 is 19.0 Å². The minimum atomic E-state index is -0.855. The molecule has 0 radical (unpaired) electrons. The first kappa shape index (κ1) is 19.2. The molecule has 0 aliphatic carbocycles. The SMILES string of the molecule is COc1cccc(CN(Cc2ccc(F)cc2)CC(C)(C)O)c1OC. The summed E-state index contributed by atoms with van der Waals surface area (Å²) in [7, 11) is 3.22. The van der Waals surface area contributed by atoms with Gasteiger partial charge in [-0.05, 0) is 37.6 Å². The molecule has 0 unspecified atom stereocenters. The van der Waals surface area contributed by atoms with Crippen LogP contribution in [0.15, 0.2) is 42.5 Å². The van der Waals surface area contributed by atoms with Crippen molar-refractivity contribution in [3.05, 3.63) is 59.4 Å². The summed E-state index contributed by atoms with van der Waals surface area (Å²) in [6, 6.07) is 12.2. The summed E-state index contributed by atoms with van der Waals surface area (Å²) < 4.78 is 24.0. The van der Waals surface area contributed by atoms with Gasteiger partial charge in [-0.1, -0.05) is 24.3 Å². The van der Waals surface area contributed by atoms with Gasteiger partial charge in [0.05, 0.1) is 19.8 Å². The lowest BCUT2D eigenvalue weighted by Gasteiger charge is -2.29. The van der Waals surface area contributed by atoms with Crippen molar-refractivity contribution in [3.63, 3.8) is 0 Å². The van der Waals surface area contributed by atoms with Crippen LogP contribution in [-0.2, 0) is 13.1 Å². The standard InChI is InChI=1S/C20H26FNO3/c1-20(2,23)14-22(12-15-8-10-17(21)11-9-15)13-16-6-5-7-18(24-3)19(16)25-4/h5-11,23H,12-14H2,1-4H3. The van der Waals surface area contributed by atoms with Crippen molar-refractivity contribution in [1.82, 2.24) is 4.90 Å². The Morgan fingerprint density at radius 1 is 1.00 bits per heavy atom. The van der Waals surface area contributed by atoms with E-state index in [4.69, 9.17) is 9.47 Å². The third-order valence-corrected chi connectivity index (χ3v) is 3.81. The second-order valence-corrected chi connectivity index (χ2v) is 6.74. The van der Waals surface area contributed by atoms with Crippen molar-refractivity contribution in [3.8, 4) is 11.5 Å². The van der Waals surface area contributed by atoms with Crippen LogP contribution in [0.25, 0.3) is 0 Å². The second-order valence-electron chi connectivity index (χ2n) is 6.74. The first-order chi connectivity index (χ1) is 11.8. The van der Waals surface area contributed by atoms with Crippen molar-refractivity contribution in [2.24, 2.45) is 0 Å². The molecule has 0 aliphatic heterocycles. The van der Waals surface area contributed by atoms with Gasteiger partial charge in [0.15, 0.2) is 11.5 Å². The number of halogens is 1. The third kappa shape index (κ3) is 5.73. The number of methoxy groups -OCH3 is 2. The van der Waals surface area contributed by atoms with Crippen LogP contribution in [0, 0.1) is 5.82 Å². The molecule has 1 N–H and O–H groups in total. The van der Waals surface area contributed by atoms with Gasteiger partial charge in [0.1, 0.15) is 5.82 Å². The Balaban J connectivity index is 2.25. The molecule has 0 heterocycles. The van der Waals surface area contributed by atoms with E-state index in [9.17, 15) is 9.50 Å². The van der Waals surface area contributed by atoms with Crippen molar-refractivity contribution in [2.45, 2.75) is 32.5 Å². The number of hydrogen-bond acceptors (Lipinski definition) is 4. The van der Waals surface area contributed by atoms with E-state index in [2.05, 4.69) is 4.90 Å². The highest BCUT2D eigenvalue weighted by molar-refractivity contribution is 5.46. The summed E-state index contributed by atoms with van der Waals surface area (Å²) in [5, 5.41) is 10.3. The van der Waals surface area contributed by atoms with Crippen LogP contribution in [0.1, 0.15) is 25.0 Å². The smallest absolute Gasteiger partial charge is 0.165 e. The fraction of sp³-hybridized carbons (Fsp3) is 0.400. The summed E-state index contributed by atoms with van der Waals surface area (Å²) in [5.74, 6) is 1.10. The summed E-state index contributed by atoms with van der Waals surface area (Å²) in [5.41, 5.74) is 1.09. The maximum atomic E-state index is 13.1. The first-order valence-corrected chi connectivity index (χ1v) is 8.21. The monoisotopic (exact) mass is 347 g/mol. The largest absolute Gasteiger partial charge is 0.493 e. The van der Waals surface area contributed by atoms with E-state index in [0.29, 0.717) is 31.1 Å². The van der Waals surface area contributed by atoms with Crippen molar-refractivity contribution >= 4 is 0 Å². The molecule has 0 spiro atoms. The molecular weight excluding hydrogens is 321 g/mol. The molecule has 0 fully saturated rings. The first-order valence-electron chi connectivity index (χ1n) is 8.21. The Kier molecular flexibility index (Phi) is 6.39. The van der Waals surface area contributed by atoms with Crippen LogP contribution in [0.4, 0.5) is 4.39 Å². The Morgan fingerprint density at radius 2 is 1.68 bits per heavy atom. The molecule has 5 heteroatoms. The van der Waals surface area contributed by atoms with Crippen LogP contribution in [0.5, 0.6) is 11.5 Å². The molecular formula is C20H26FNO3. The highest BCUT2D eigenvalue weighted by atomic mass is 19.1. The quantitative estimate of drug-likeness (QED) is 0.792. The number of hydrogen-bond donors (Lipinski definition) is 1. The fourth-order valence-electron chi connectivity index (χ4n) is 2.88. The molecule has 0 atom stereocenters. The summed E-state index contributed by atoms with van der Waals surface area (Å²) in [4.78, 5) is 2.10. The summed E-state index contributed by atoms with van der Waals surface area (Å²) in [6.07, 6.45) is 0. The van der Waals surface area contributed by atoms with E-state index < -0.39 is 5.60 Å². The van der Waals surface area contributed by atoms with Gasteiger partial charge in [-0.3, -0.25) is 4.90 Å². The molecule has 2 aromatic carbocycles. The lowest BCUT2D eigenvalue weighted by Crippen LogP contribution is -2.38. The number of para-hydroxylation sites is 1. The molecule has 0 aromatic heterocycles. The molecule has 25 heavy (non-hydrogen) atoms. The molecule has 0 amide bonds. The Labute approximate surface area is 148 Å². The predicted molar refractivity (Wildman–Crippen MR) is 96.4 cm³/mol. The lowest BCUT2D eigenvalue weighted by molar-refractivity contribution is 0.0304. The molecule has 0 aliphatic rings. The Bertz CT molecular complexity index is 680. The van der Waals surface area contributed by atoms with Gasteiger partial charge in [0.2, 0.25) is 0 Å². The Hall–Kier alpha value is -2.11. The van der Waals surface area contributed by atoms with Crippen LogP contribution < -0.4 is 9.47 Å². The molecule has 2 aromatic rings. The fourth-order valence-corrected chi connectivity index (χ4v) is 2.88. The zero-order valence-electron chi connectivity index (χ0n) is 15.3. The average molecular weight is 347 g/mol. The third-order valence-electron chi connectivity index (χ3n) is 3.81. The van der Waals surface area contributed by atoms with Gasteiger partial charge in [-0.15, -0.1) is 0 Å². The summed E-state index contributed by atoms with van der Waals surface area (Å²) >= 11 is 0. The van der Waals surface area contributed by atoms with E-state index in [1.807, 2.05) is 18.2 Å². The van der Waals surface area contributed by atoms with Gasteiger partial charge < -0.3 is 14.6 Å². The average Bonchev–Trinajstić information content (AvgIpc) is 2.55. The Morgan fingerprint density at radius 3 is 2.24 bits per heavy atom. The van der Waals surface area contributed by atoms with Crippen molar-refractivity contribution in [2.75, 3.05) is 20.8 Å². The van der Waals surface area contributed by atoms with E-state index >= 15 is 0 Å². The van der Waals surface area contributed by atoms with Crippen LogP contribution >= 0.6 is 0 Å². The molecule has 0 saturated carbocycles. The minimum Gasteiger partial charge on any atom is -0.493 e. The van der Waals surface area contributed by atoms with Crippen molar-refractivity contribution in [1.29, 1.82) is 0 Å². The zero-order valence-corrected chi connectivity index (χ0v) is 15.3. The van der Waals surface area contributed by atoms with Gasteiger partial charge in [-0.25, -0.2) is 4.39 Å². The van der Waals surface area contributed by atoms with Crippen LogP contribution in [-0.4, -0.2) is 36.4 Å². The van der Waals surface area contributed by atoms with E-state index in [1.165, 1.54) is 12.1 Å². The van der Waals surface area contributed by atoms with E-state index in [0.717, 1.165) is 11.1 Å². The topological polar surface area (TPSA) is 41.9 Å². The normalized spacial score (nSPS) is 11.6. The molecule has 0 saturated heterocycles. The molecule has 4 nitrogen and oxygen atoms in total. The lowest BCUT2D eigenvalue weighted by atomic mass is 10.1. The second kappa shape index (κ2) is 8.32. The predicted octanol–water partition coefficient (Wildman–Crippen LogP) is 3.62. The van der Waals surface area contributed by atoms with Gasteiger partial charge in [0, 0.05) is 25.2 Å². The van der Waals surface area contributed by atoms with Crippen LogP contribution in [0.3, 0.4) is 0 Å². The maximum absolute atomic E-state index is 13.1. The van der Waals surface area contributed by atoms with Crippen LogP contribution in [0.2, 0.25) is 0 Å². The van der Waals surface area contributed by atoms with Gasteiger partial charge in [0.25, 0.3) is 0 Å². The van der Waals surface area contributed by atoms with E-state index in [-0.39, 0.29) is 5.82 Å². The summed E-state index contributed by atoms with van der Waals surface area (Å²) in [6.45, 7) is 5.16. The number of aliphatic hydroxyl groups is 1. The maximum Gasteiger partial charge on any atom is 0.165 e.